The third-order valence-corrected chi connectivity index (χ3v) is 3.89. The number of hydrogen-bond acceptors (Lipinski definition) is 4. The van der Waals surface area contributed by atoms with Crippen LogP contribution in [0, 0.1) is 6.92 Å². The van der Waals surface area contributed by atoms with Gasteiger partial charge in [0.05, 0.1) is 11.0 Å². The molecular weight excluding hydrogens is 278 g/mol. The molecule has 6 nitrogen and oxygen atoms in total. The molecule has 20 heavy (non-hydrogen) atoms. The lowest BCUT2D eigenvalue weighted by atomic mass is 10.2. The van der Waals surface area contributed by atoms with Crippen molar-refractivity contribution in [2.45, 2.75) is 31.8 Å². The second-order valence-electron chi connectivity index (χ2n) is 4.64. The van der Waals surface area contributed by atoms with Crippen LogP contribution in [0.15, 0.2) is 35.5 Å². The Balaban J connectivity index is 2.26. The van der Waals surface area contributed by atoms with E-state index in [1.807, 2.05) is 20.8 Å². The molecule has 1 heterocycles. The molecule has 0 amide bonds. The van der Waals surface area contributed by atoms with Gasteiger partial charge >= 0.3 is 0 Å². The van der Waals surface area contributed by atoms with Gasteiger partial charge in [-0.25, -0.2) is 18.1 Å². The zero-order valence-electron chi connectivity index (χ0n) is 11.5. The maximum absolute atomic E-state index is 12.2. The number of ether oxygens (including phenoxy) is 1. The van der Waals surface area contributed by atoms with E-state index in [0.29, 0.717) is 5.75 Å². The van der Waals surface area contributed by atoms with Gasteiger partial charge in [-0.1, -0.05) is 0 Å². The van der Waals surface area contributed by atoms with E-state index in [9.17, 15) is 8.42 Å². The van der Waals surface area contributed by atoms with E-state index in [1.165, 1.54) is 12.3 Å². The van der Waals surface area contributed by atoms with Gasteiger partial charge in [0, 0.05) is 12.4 Å². The molecule has 0 saturated heterocycles. The highest BCUT2D eigenvalue weighted by Gasteiger charge is 2.16. The van der Waals surface area contributed by atoms with Crippen molar-refractivity contribution in [3.8, 4) is 5.75 Å². The highest BCUT2D eigenvalue weighted by Crippen LogP contribution is 2.23. The van der Waals surface area contributed by atoms with Crippen LogP contribution in [0.25, 0.3) is 0 Å². The van der Waals surface area contributed by atoms with E-state index in [2.05, 4.69) is 14.7 Å². The number of imidazole rings is 1. The third kappa shape index (κ3) is 3.30. The number of aromatic amines is 1. The number of aromatic nitrogens is 2. The lowest BCUT2D eigenvalue weighted by Crippen LogP contribution is -2.14. The van der Waals surface area contributed by atoms with E-state index in [-0.39, 0.29) is 16.9 Å². The Morgan fingerprint density at radius 3 is 2.65 bits per heavy atom. The highest BCUT2D eigenvalue weighted by atomic mass is 32.2. The number of sulfonamides is 1. The first kappa shape index (κ1) is 14.4. The van der Waals surface area contributed by atoms with Gasteiger partial charge in [0.1, 0.15) is 5.75 Å². The third-order valence-electron chi connectivity index (χ3n) is 2.55. The molecule has 1 aromatic carbocycles. The second kappa shape index (κ2) is 5.54. The summed E-state index contributed by atoms with van der Waals surface area (Å²) in [6.07, 6.45) is 3.06. The number of anilines is 1. The fourth-order valence-electron chi connectivity index (χ4n) is 1.68. The molecule has 0 saturated carbocycles. The highest BCUT2D eigenvalue weighted by molar-refractivity contribution is 7.92. The van der Waals surface area contributed by atoms with Crippen LogP contribution in [0.1, 0.15) is 19.4 Å². The summed E-state index contributed by atoms with van der Waals surface area (Å²) in [7, 11) is -3.65. The Kier molecular flexibility index (Phi) is 3.99. The standard InChI is InChI=1S/C13H17N3O3S/c1-9(2)19-12-5-4-11(8-10(12)3)20(17,18)16-13-14-6-7-15-13/h4-9H,1-3H3,(H2,14,15,16). The molecule has 0 aliphatic heterocycles. The molecule has 7 heteroatoms. The Morgan fingerprint density at radius 1 is 1.35 bits per heavy atom. The van der Waals surface area contributed by atoms with Crippen LogP contribution in [-0.4, -0.2) is 24.5 Å². The maximum Gasteiger partial charge on any atom is 0.264 e. The molecule has 0 radical (unpaired) electrons. The average Bonchev–Trinajstić information content (AvgIpc) is 2.83. The minimum atomic E-state index is -3.65. The molecule has 0 aliphatic rings. The molecule has 0 unspecified atom stereocenters. The number of rotatable bonds is 5. The summed E-state index contributed by atoms with van der Waals surface area (Å²) in [6, 6.07) is 4.74. The van der Waals surface area contributed by atoms with Crippen molar-refractivity contribution in [1.29, 1.82) is 0 Å². The van der Waals surface area contributed by atoms with Gasteiger partial charge in [-0.3, -0.25) is 0 Å². The van der Waals surface area contributed by atoms with Gasteiger partial charge in [0.2, 0.25) is 5.95 Å². The fraction of sp³-hybridized carbons (Fsp3) is 0.308. The summed E-state index contributed by atoms with van der Waals surface area (Å²) < 4.78 is 32.3. The zero-order chi connectivity index (χ0) is 14.8. The van der Waals surface area contributed by atoms with Crippen molar-refractivity contribution in [2.24, 2.45) is 0 Å². The molecule has 2 rings (SSSR count). The quantitative estimate of drug-likeness (QED) is 0.886. The van der Waals surface area contributed by atoms with Gasteiger partial charge in [0.25, 0.3) is 10.0 Å². The maximum atomic E-state index is 12.2. The summed E-state index contributed by atoms with van der Waals surface area (Å²) in [5, 5.41) is 0. The summed E-state index contributed by atoms with van der Waals surface area (Å²) in [5.74, 6) is 0.863. The van der Waals surface area contributed by atoms with Crippen LogP contribution in [-0.2, 0) is 10.0 Å². The van der Waals surface area contributed by atoms with E-state index in [4.69, 9.17) is 4.74 Å². The lowest BCUT2D eigenvalue weighted by molar-refractivity contribution is 0.240. The number of nitrogens with zero attached hydrogens (tertiary/aromatic N) is 1. The molecule has 0 atom stereocenters. The van der Waals surface area contributed by atoms with Gasteiger partial charge in [0.15, 0.2) is 0 Å². The summed E-state index contributed by atoms with van der Waals surface area (Å²) in [6.45, 7) is 5.65. The summed E-state index contributed by atoms with van der Waals surface area (Å²) in [4.78, 5) is 6.69. The first-order chi connectivity index (χ1) is 9.38. The molecule has 0 spiro atoms. The topological polar surface area (TPSA) is 84.1 Å². The van der Waals surface area contributed by atoms with Crippen LogP contribution in [0.2, 0.25) is 0 Å². The van der Waals surface area contributed by atoms with Crippen LogP contribution in [0.5, 0.6) is 5.75 Å². The van der Waals surface area contributed by atoms with Crippen molar-refractivity contribution >= 4 is 16.0 Å². The van der Waals surface area contributed by atoms with Crippen molar-refractivity contribution in [3.05, 3.63) is 36.2 Å². The molecule has 2 N–H and O–H groups in total. The smallest absolute Gasteiger partial charge is 0.264 e. The predicted molar refractivity (Wildman–Crippen MR) is 76.3 cm³/mol. The molecule has 0 aliphatic carbocycles. The van der Waals surface area contributed by atoms with Crippen molar-refractivity contribution < 1.29 is 13.2 Å². The SMILES string of the molecule is Cc1cc(S(=O)(=O)Nc2ncc[nH]2)ccc1OC(C)C. The predicted octanol–water partition coefficient (Wildman–Crippen LogP) is 2.31. The van der Waals surface area contributed by atoms with Crippen molar-refractivity contribution in [2.75, 3.05) is 4.72 Å². The minimum Gasteiger partial charge on any atom is -0.491 e. The first-order valence-corrected chi connectivity index (χ1v) is 7.66. The van der Waals surface area contributed by atoms with E-state index < -0.39 is 10.0 Å². The monoisotopic (exact) mass is 295 g/mol. The van der Waals surface area contributed by atoms with Crippen LogP contribution in [0.3, 0.4) is 0 Å². The van der Waals surface area contributed by atoms with Crippen molar-refractivity contribution in [3.63, 3.8) is 0 Å². The molecule has 108 valence electrons. The average molecular weight is 295 g/mol. The molecule has 1 aromatic heterocycles. The normalized spacial score (nSPS) is 11.6. The van der Waals surface area contributed by atoms with Crippen LogP contribution >= 0.6 is 0 Å². The van der Waals surface area contributed by atoms with Crippen molar-refractivity contribution in [1.82, 2.24) is 9.97 Å². The second-order valence-corrected chi connectivity index (χ2v) is 6.32. The van der Waals surface area contributed by atoms with Gasteiger partial charge in [-0.2, -0.15) is 0 Å². The van der Waals surface area contributed by atoms with E-state index in [0.717, 1.165) is 5.56 Å². The number of aryl methyl sites for hydroxylation is 1. The van der Waals surface area contributed by atoms with Gasteiger partial charge in [-0.15, -0.1) is 0 Å². The minimum absolute atomic E-state index is 0.0393. The molecule has 2 aromatic rings. The summed E-state index contributed by atoms with van der Waals surface area (Å²) >= 11 is 0. The van der Waals surface area contributed by atoms with E-state index >= 15 is 0 Å². The number of hydrogen-bond donors (Lipinski definition) is 2. The van der Waals surface area contributed by atoms with Gasteiger partial charge in [-0.05, 0) is 44.5 Å². The van der Waals surface area contributed by atoms with Crippen LogP contribution < -0.4 is 9.46 Å². The first-order valence-electron chi connectivity index (χ1n) is 6.18. The molecule has 0 bridgehead atoms. The molecular formula is C13H17N3O3S. The lowest BCUT2D eigenvalue weighted by Gasteiger charge is -2.13. The number of H-pyrrole nitrogens is 1. The van der Waals surface area contributed by atoms with E-state index in [1.54, 1.807) is 18.3 Å². The largest absolute Gasteiger partial charge is 0.491 e. The Morgan fingerprint density at radius 2 is 2.10 bits per heavy atom. The Hall–Kier alpha value is -2.02. The zero-order valence-corrected chi connectivity index (χ0v) is 12.4. The van der Waals surface area contributed by atoms with Crippen LogP contribution in [0.4, 0.5) is 5.95 Å². The number of nitrogens with one attached hydrogen (secondary N) is 2. The fourth-order valence-corrected chi connectivity index (χ4v) is 2.75. The molecule has 0 fully saturated rings. The number of benzene rings is 1. The Bertz CT molecular complexity index is 679. The summed E-state index contributed by atoms with van der Waals surface area (Å²) in [5.41, 5.74) is 0.765. The van der Waals surface area contributed by atoms with Gasteiger partial charge < -0.3 is 9.72 Å². The Labute approximate surface area is 118 Å².